The zero-order chi connectivity index (χ0) is 17.1. The topological polar surface area (TPSA) is 59.7 Å². The highest BCUT2D eigenvalue weighted by atomic mass is 16.5. The van der Waals surface area contributed by atoms with Crippen LogP contribution >= 0.6 is 0 Å². The number of carbonyl (C=O) groups is 1. The number of likely N-dealkylation sites (tertiary alicyclic amines) is 1. The van der Waals surface area contributed by atoms with E-state index in [0.717, 1.165) is 37.3 Å². The number of fused-ring (bicyclic) bond motifs is 2. The fourth-order valence-electron chi connectivity index (χ4n) is 5.19. The van der Waals surface area contributed by atoms with Gasteiger partial charge in [-0.05, 0) is 36.8 Å². The second-order valence-corrected chi connectivity index (χ2v) is 8.06. The lowest BCUT2D eigenvalue weighted by Gasteiger charge is -2.56. The summed E-state index contributed by atoms with van der Waals surface area (Å²) in [6, 6.07) is 3.75. The highest BCUT2D eigenvalue weighted by Gasteiger charge is 2.63. The molecular weight excluding hydrogens is 304 g/mol. The molecule has 24 heavy (non-hydrogen) atoms. The number of nitrogens with zero attached hydrogens (tertiary/aromatic N) is 4. The molecule has 4 rings (SSSR count). The molecular formula is C18H24N4O2. The van der Waals surface area contributed by atoms with Crippen molar-refractivity contribution in [1.29, 1.82) is 0 Å². The molecule has 0 spiro atoms. The molecule has 0 N–H and O–H groups in total. The molecule has 3 heterocycles. The number of hydrogen-bond donors (Lipinski definition) is 0. The van der Waals surface area contributed by atoms with E-state index in [0.29, 0.717) is 11.5 Å². The van der Waals surface area contributed by atoms with Gasteiger partial charge in [-0.1, -0.05) is 13.8 Å². The van der Waals surface area contributed by atoms with Crippen molar-refractivity contribution in [2.45, 2.75) is 27.2 Å². The van der Waals surface area contributed by atoms with E-state index in [4.69, 9.17) is 4.74 Å². The second-order valence-electron chi connectivity index (χ2n) is 8.06. The maximum atomic E-state index is 13.2. The minimum Gasteiger partial charge on any atom is -0.384 e. The summed E-state index contributed by atoms with van der Waals surface area (Å²) < 4.78 is 7.04. The largest absolute Gasteiger partial charge is 0.384 e. The predicted molar refractivity (Wildman–Crippen MR) is 89.8 cm³/mol. The Balaban J connectivity index is 1.67. The number of rotatable bonds is 3. The van der Waals surface area contributed by atoms with Crippen LogP contribution in [-0.4, -0.2) is 52.4 Å². The Morgan fingerprint density at radius 2 is 2.25 bits per heavy atom. The molecule has 1 saturated heterocycles. The molecule has 6 heteroatoms. The molecule has 0 bridgehead atoms. The Bertz CT molecular complexity index is 812. The number of aryl methyl sites for hydroxylation is 1. The number of methoxy groups -OCH3 is 1. The highest BCUT2D eigenvalue weighted by Crippen LogP contribution is 2.62. The van der Waals surface area contributed by atoms with Crippen LogP contribution in [0.25, 0.3) is 5.52 Å². The molecule has 128 valence electrons. The van der Waals surface area contributed by atoms with Crippen molar-refractivity contribution in [2.75, 3.05) is 26.8 Å². The molecule has 0 unspecified atom stereocenters. The molecule has 1 aliphatic heterocycles. The summed E-state index contributed by atoms with van der Waals surface area (Å²) in [6.45, 7) is 8.76. The molecule has 2 aromatic heterocycles. The third-order valence-electron chi connectivity index (χ3n) is 5.93. The van der Waals surface area contributed by atoms with E-state index in [2.05, 4.69) is 24.0 Å². The van der Waals surface area contributed by atoms with Gasteiger partial charge >= 0.3 is 0 Å². The summed E-state index contributed by atoms with van der Waals surface area (Å²) in [7, 11) is 1.75. The van der Waals surface area contributed by atoms with Crippen LogP contribution in [0.4, 0.5) is 0 Å². The van der Waals surface area contributed by atoms with Gasteiger partial charge in [0.25, 0.3) is 5.91 Å². The van der Waals surface area contributed by atoms with E-state index < -0.39 is 0 Å². The van der Waals surface area contributed by atoms with Crippen LogP contribution in [0.3, 0.4) is 0 Å². The SMILES string of the molecule is COC[C@@]12CN(C(=O)c3c(C)nn4ncccc34)C[C@@H]1C(C)(C)C2. The van der Waals surface area contributed by atoms with Crippen molar-refractivity contribution in [2.24, 2.45) is 16.7 Å². The first kappa shape index (κ1) is 15.6. The fraction of sp³-hybridized carbons (Fsp3) is 0.611. The molecule has 2 aliphatic rings. The van der Waals surface area contributed by atoms with Gasteiger partial charge in [0.1, 0.15) is 5.52 Å². The molecule has 2 fully saturated rings. The number of amides is 1. The summed E-state index contributed by atoms with van der Waals surface area (Å²) >= 11 is 0. The fourth-order valence-corrected chi connectivity index (χ4v) is 5.19. The van der Waals surface area contributed by atoms with Gasteiger partial charge in [-0.15, -0.1) is 0 Å². The van der Waals surface area contributed by atoms with E-state index in [-0.39, 0.29) is 16.7 Å². The van der Waals surface area contributed by atoms with Gasteiger partial charge in [0.2, 0.25) is 0 Å². The zero-order valence-electron chi connectivity index (χ0n) is 14.7. The summed E-state index contributed by atoms with van der Waals surface area (Å²) in [4.78, 5) is 15.2. The Morgan fingerprint density at radius 3 is 2.96 bits per heavy atom. The number of aromatic nitrogens is 3. The van der Waals surface area contributed by atoms with Gasteiger partial charge in [0.15, 0.2) is 0 Å². The van der Waals surface area contributed by atoms with Gasteiger partial charge in [-0.2, -0.15) is 14.8 Å². The van der Waals surface area contributed by atoms with Crippen molar-refractivity contribution in [3.63, 3.8) is 0 Å². The molecule has 0 aromatic carbocycles. The van der Waals surface area contributed by atoms with Crippen LogP contribution in [0.15, 0.2) is 18.3 Å². The van der Waals surface area contributed by atoms with Crippen molar-refractivity contribution >= 4 is 11.4 Å². The van der Waals surface area contributed by atoms with Gasteiger partial charge in [-0.3, -0.25) is 4.79 Å². The van der Waals surface area contributed by atoms with Crippen LogP contribution in [-0.2, 0) is 4.74 Å². The molecule has 2 aromatic rings. The molecule has 1 aliphatic carbocycles. The first-order valence-corrected chi connectivity index (χ1v) is 8.47. The molecule has 2 atom stereocenters. The molecule has 0 radical (unpaired) electrons. The summed E-state index contributed by atoms with van der Waals surface area (Å²) in [5.74, 6) is 0.561. The Morgan fingerprint density at radius 1 is 1.46 bits per heavy atom. The minimum absolute atomic E-state index is 0.0659. The Hall–Kier alpha value is -1.95. The summed E-state index contributed by atoms with van der Waals surface area (Å²) in [5.41, 5.74) is 2.57. The average Bonchev–Trinajstić information content (AvgIpc) is 3.02. The minimum atomic E-state index is 0.0659. The lowest BCUT2D eigenvalue weighted by Crippen LogP contribution is -2.55. The van der Waals surface area contributed by atoms with Crippen LogP contribution in [0.5, 0.6) is 0 Å². The van der Waals surface area contributed by atoms with E-state index in [9.17, 15) is 4.79 Å². The van der Waals surface area contributed by atoms with Gasteiger partial charge < -0.3 is 9.64 Å². The van der Waals surface area contributed by atoms with Crippen LogP contribution in [0.2, 0.25) is 0 Å². The third-order valence-corrected chi connectivity index (χ3v) is 5.93. The van der Waals surface area contributed by atoms with Crippen molar-refractivity contribution < 1.29 is 9.53 Å². The van der Waals surface area contributed by atoms with Crippen molar-refractivity contribution in [3.05, 3.63) is 29.6 Å². The van der Waals surface area contributed by atoms with Crippen LogP contribution in [0, 0.1) is 23.7 Å². The molecule has 6 nitrogen and oxygen atoms in total. The number of carbonyl (C=O) groups excluding carboxylic acids is 1. The summed E-state index contributed by atoms with van der Waals surface area (Å²) in [6.07, 6.45) is 2.79. The number of ether oxygens (including phenoxy) is 1. The lowest BCUT2D eigenvalue weighted by atomic mass is 9.48. The average molecular weight is 328 g/mol. The quantitative estimate of drug-likeness (QED) is 0.866. The van der Waals surface area contributed by atoms with Crippen molar-refractivity contribution in [1.82, 2.24) is 19.7 Å². The third kappa shape index (κ3) is 2.02. The van der Waals surface area contributed by atoms with Crippen LogP contribution < -0.4 is 0 Å². The first-order valence-electron chi connectivity index (χ1n) is 8.47. The van der Waals surface area contributed by atoms with Crippen LogP contribution in [0.1, 0.15) is 36.3 Å². The van der Waals surface area contributed by atoms with Gasteiger partial charge in [-0.25, -0.2) is 0 Å². The Kier molecular flexibility index (Phi) is 3.26. The van der Waals surface area contributed by atoms with E-state index in [1.807, 2.05) is 24.0 Å². The van der Waals surface area contributed by atoms with Crippen molar-refractivity contribution in [3.8, 4) is 0 Å². The monoisotopic (exact) mass is 328 g/mol. The van der Waals surface area contributed by atoms with E-state index in [1.54, 1.807) is 17.9 Å². The van der Waals surface area contributed by atoms with E-state index >= 15 is 0 Å². The number of hydrogen-bond acceptors (Lipinski definition) is 4. The highest BCUT2D eigenvalue weighted by molar-refractivity contribution is 6.02. The van der Waals surface area contributed by atoms with Gasteiger partial charge in [0.05, 0.1) is 17.9 Å². The summed E-state index contributed by atoms with van der Waals surface area (Å²) in [5, 5.41) is 8.57. The normalized spacial score (nSPS) is 28.0. The maximum Gasteiger partial charge on any atom is 0.258 e. The Labute approximate surface area is 141 Å². The predicted octanol–water partition coefficient (Wildman–Crippen LogP) is 2.17. The smallest absolute Gasteiger partial charge is 0.258 e. The standard InChI is InChI=1S/C18H24N4O2/c1-12-15(13-6-5-7-19-22(13)20-12)16(23)21-8-14-17(2,3)9-18(14,10-21)11-24-4/h5-7,14H,8-11H2,1-4H3/t14-,18-/m1/s1. The molecule has 1 amide bonds. The zero-order valence-corrected chi connectivity index (χ0v) is 14.7. The van der Waals surface area contributed by atoms with Gasteiger partial charge in [0, 0.05) is 31.8 Å². The molecule has 1 saturated carbocycles. The van der Waals surface area contributed by atoms with E-state index in [1.165, 1.54) is 0 Å². The first-order chi connectivity index (χ1) is 11.4. The maximum absolute atomic E-state index is 13.2. The second kappa shape index (κ2) is 5.02. The lowest BCUT2D eigenvalue weighted by molar-refractivity contribution is -0.107.